The van der Waals surface area contributed by atoms with Crippen molar-refractivity contribution in [1.29, 1.82) is 0 Å². The van der Waals surface area contributed by atoms with Gasteiger partial charge in [0.15, 0.2) is 0 Å². The van der Waals surface area contributed by atoms with E-state index in [1.807, 2.05) is 31.2 Å². The molecule has 1 aromatic carbocycles. The molecule has 1 unspecified atom stereocenters. The van der Waals surface area contributed by atoms with Crippen molar-refractivity contribution < 1.29 is 9.53 Å². The number of hydrogen-bond acceptors (Lipinski definition) is 4. The first kappa shape index (κ1) is 20.2. The van der Waals surface area contributed by atoms with Crippen LogP contribution in [0, 0.1) is 12.8 Å². The van der Waals surface area contributed by atoms with Crippen LogP contribution in [0.3, 0.4) is 0 Å². The van der Waals surface area contributed by atoms with Crippen LogP contribution in [-0.4, -0.2) is 31.0 Å². The van der Waals surface area contributed by atoms with E-state index in [0.29, 0.717) is 12.3 Å². The number of rotatable bonds is 7. The highest BCUT2D eigenvalue weighted by atomic mass is 35.5. The predicted octanol–water partition coefficient (Wildman–Crippen LogP) is 5.35. The average Bonchev–Trinajstić information content (AvgIpc) is 3.06. The topological polar surface area (TPSA) is 41.6 Å². The Kier molecular flexibility index (Phi) is 7.16. The normalized spacial score (nSPS) is 17.7. The Morgan fingerprint density at radius 3 is 2.93 bits per heavy atom. The Hall–Kier alpha value is -1.56. The molecule has 2 aromatic rings. The third-order valence-corrected chi connectivity index (χ3v) is 6.31. The van der Waals surface area contributed by atoms with E-state index in [0.717, 1.165) is 47.4 Å². The van der Waals surface area contributed by atoms with Crippen molar-refractivity contribution in [2.45, 2.75) is 39.2 Å². The maximum atomic E-state index is 12.4. The van der Waals surface area contributed by atoms with E-state index in [9.17, 15) is 4.79 Å². The Balaban J connectivity index is 1.45. The van der Waals surface area contributed by atoms with Crippen LogP contribution < -0.4 is 10.1 Å². The van der Waals surface area contributed by atoms with Crippen LogP contribution in [-0.2, 0) is 11.3 Å². The molecule has 1 atom stereocenters. The Bertz CT molecular complexity index is 777. The summed E-state index contributed by atoms with van der Waals surface area (Å²) < 4.78 is 6.06. The van der Waals surface area contributed by atoms with Gasteiger partial charge in [-0.05, 0) is 74.5 Å². The molecule has 146 valence electrons. The van der Waals surface area contributed by atoms with Gasteiger partial charge >= 0.3 is 0 Å². The molecule has 1 fully saturated rings. The van der Waals surface area contributed by atoms with Gasteiger partial charge in [-0.25, -0.2) is 0 Å². The molecule has 1 aliphatic heterocycles. The summed E-state index contributed by atoms with van der Waals surface area (Å²) in [5.41, 5.74) is 1.88. The second-order valence-electron chi connectivity index (χ2n) is 7.22. The van der Waals surface area contributed by atoms with Crippen LogP contribution >= 0.6 is 22.9 Å². The monoisotopic (exact) mass is 406 g/mol. The van der Waals surface area contributed by atoms with Crippen molar-refractivity contribution in [3.8, 4) is 5.75 Å². The van der Waals surface area contributed by atoms with Crippen LogP contribution in [0.2, 0.25) is 4.34 Å². The smallest absolute Gasteiger partial charge is 0.224 e. The highest BCUT2D eigenvalue weighted by Crippen LogP contribution is 2.27. The van der Waals surface area contributed by atoms with Crippen molar-refractivity contribution in [1.82, 2.24) is 4.90 Å². The van der Waals surface area contributed by atoms with Crippen LogP contribution in [0.15, 0.2) is 30.3 Å². The first-order valence-corrected chi connectivity index (χ1v) is 10.6. The Morgan fingerprint density at radius 2 is 2.22 bits per heavy atom. The van der Waals surface area contributed by atoms with Crippen molar-refractivity contribution in [2.75, 3.05) is 25.5 Å². The molecular formula is C21H27ClN2O2S. The van der Waals surface area contributed by atoms with Gasteiger partial charge in [0.05, 0.1) is 11.4 Å². The number of nitrogens with zero attached hydrogens (tertiary/aromatic N) is 1. The first-order chi connectivity index (χ1) is 13.0. The van der Waals surface area contributed by atoms with Gasteiger partial charge in [0, 0.05) is 30.1 Å². The number of carbonyl (C=O) groups is 1. The summed E-state index contributed by atoms with van der Waals surface area (Å²) in [6, 6.07) is 9.79. The fourth-order valence-corrected chi connectivity index (χ4v) is 4.77. The van der Waals surface area contributed by atoms with Gasteiger partial charge in [-0.3, -0.25) is 9.69 Å². The molecule has 27 heavy (non-hydrogen) atoms. The lowest BCUT2D eigenvalue weighted by Crippen LogP contribution is -2.35. The Labute approximate surface area is 170 Å². The van der Waals surface area contributed by atoms with Crippen molar-refractivity contribution in [2.24, 2.45) is 5.92 Å². The number of hydrogen-bond donors (Lipinski definition) is 1. The lowest BCUT2D eigenvalue weighted by atomic mass is 9.93. The summed E-state index contributed by atoms with van der Waals surface area (Å²) in [4.78, 5) is 16.2. The number of carbonyl (C=O) groups excluding carboxylic acids is 1. The molecule has 4 nitrogen and oxygen atoms in total. The number of amides is 1. The van der Waals surface area contributed by atoms with Gasteiger partial charge in [-0.1, -0.05) is 11.6 Å². The van der Waals surface area contributed by atoms with Gasteiger partial charge < -0.3 is 10.1 Å². The van der Waals surface area contributed by atoms with E-state index in [-0.39, 0.29) is 5.91 Å². The van der Waals surface area contributed by atoms with Gasteiger partial charge in [-0.2, -0.15) is 0 Å². The standard InChI is InChI=1S/C21H27ClN2O2S/c1-15-12-17(26-2)6-8-19(15)23-21(25)10-5-16-4-3-11-24(13-16)14-18-7-9-20(22)27-18/h6-9,12,16H,3-5,10-11,13-14H2,1-2H3,(H,23,25). The number of halogens is 1. The summed E-state index contributed by atoms with van der Waals surface area (Å²) in [5, 5.41) is 3.03. The van der Waals surface area contributed by atoms with E-state index in [1.54, 1.807) is 18.4 Å². The largest absolute Gasteiger partial charge is 0.497 e. The zero-order valence-corrected chi connectivity index (χ0v) is 17.5. The van der Waals surface area contributed by atoms with E-state index in [4.69, 9.17) is 16.3 Å². The average molecular weight is 407 g/mol. The highest BCUT2D eigenvalue weighted by Gasteiger charge is 2.21. The molecular weight excluding hydrogens is 380 g/mol. The molecule has 0 spiro atoms. The number of benzene rings is 1. The summed E-state index contributed by atoms with van der Waals surface area (Å²) >= 11 is 7.69. The predicted molar refractivity (Wildman–Crippen MR) is 113 cm³/mol. The van der Waals surface area contributed by atoms with E-state index < -0.39 is 0 Å². The number of aryl methyl sites for hydroxylation is 1. The molecule has 1 N–H and O–H groups in total. The van der Waals surface area contributed by atoms with Crippen LogP contribution in [0.25, 0.3) is 0 Å². The number of ether oxygens (including phenoxy) is 1. The van der Waals surface area contributed by atoms with E-state index in [2.05, 4.69) is 16.3 Å². The number of likely N-dealkylation sites (tertiary alicyclic amines) is 1. The second-order valence-corrected chi connectivity index (χ2v) is 9.02. The van der Waals surface area contributed by atoms with Gasteiger partial charge in [0.1, 0.15) is 5.75 Å². The van der Waals surface area contributed by atoms with Crippen LogP contribution in [0.4, 0.5) is 5.69 Å². The highest BCUT2D eigenvalue weighted by molar-refractivity contribution is 7.16. The Morgan fingerprint density at radius 1 is 1.37 bits per heavy atom. The summed E-state index contributed by atoms with van der Waals surface area (Å²) in [5.74, 6) is 1.47. The van der Waals surface area contributed by atoms with Crippen molar-refractivity contribution in [3.05, 3.63) is 45.1 Å². The van der Waals surface area contributed by atoms with E-state index in [1.165, 1.54) is 17.7 Å². The third-order valence-electron chi connectivity index (χ3n) is 5.10. The summed E-state index contributed by atoms with van der Waals surface area (Å²) in [6.45, 7) is 5.13. The molecule has 1 saturated heterocycles. The van der Waals surface area contributed by atoms with Crippen molar-refractivity contribution in [3.63, 3.8) is 0 Å². The lowest BCUT2D eigenvalue weighted by molar-refractivity contribution is -0.116. The quantitative estimate of drug-likeness (QED) is 0.673. The summed E-state index contributed by atoms with van der Waals surface area (Å²) in [7, 11) is 1.65. The molecule has 2 heterocycles. The third kappa shape index (κ3) is 5.96. The fraction of sp³-hybridized carbons (Fsp3) is 0.476. The molecule has 0 radical (unpaired) electrons. The molecule has 0 bridgehead atoms. The maximum Gasteiger partial charge on any atom is 0.224 e. The fourth-order valence-electron chi connectivity index (χ4n) is 3.64. The number of nitrogens with one attached hydrogen (secondary N) is 1. The number of thiophene rings is 1. The molecule has 1 aromatic heterocycles. The molecule has 6 heteroatoms. The van der Waals surface area contributed by atoms with Crippen LogP contribution in [0.1, 0.15) is 36.1 Å². The number of methoxy groups -OCH3 is 1. The zero-order valence-electron chi connectivity index (χ0n) is 16.0. The zero-order chi connectivity index (χ0) is 19.2. The van der Waals surface area contributed by atoms with Crippen molar-refractivity contribution >= 4 is 34.5 Å². The molecule has 1 aliphatic rings. The minimum absolute atomic E-state index is 0.0884. The van der Waals surface area contributed by atoms with Gasteiger partial charge in [0.25, 0.3) is 0 Å². The number of piperidine rings is 1. The molecule has 0 aliphatic carbocycles. The molecule has 3 rings (SSSR count). The minimum Gasteiger partial charge on any atom is -0.497 e. The lowest BCUT2D eigenvalue weighted by Gasteiger charge is -2.32. The molecule has 1 amide bonds. The maximum absolute atomic E-state index is 12.4. The minimum atomic E-state index is 0.0884. The van der Waals surface area contributed by atoms with E-state index >= 15 is 0 Å². The van der Waals surface area contributed by atoms with Gasteiger partial charge in [0.2, 0.25) is 5.91 Å². The van der Waals surface area contributed by atoms with Gasteiger partial charge in [-0.15, -0.1) is 11.3 Å². The second kappa shape index (κ2) is 9.58. The number of anilines is 1. The van der Waals surface area contributed by atoms with Crippen LogP contribution in [0.5, 0.6) is 5.75 Å². The first-order valence-electron chi connectivity index (χ1n) is 9.44. The molecule has 0 saturated carbocycles. The SMILES string of the molecule is COc1ccc(NC(=O)CCC2CCCN(Cc3ccc(Cl)s3)C2)c(C)c1. The summed E-state index contributed by atoms with van der Waals surface area (Å²) in [6.07, 6.45) is 3.90.